The predicted octanol–water partition coefficient (Wildman–Crippen LogP) is -0.00342. The second kappa shape index (κ2) is 2.30. The van der Waals surface area contributed by atoms with Crippen molar-refractivity contribution in [2.24, 2.45) is 7.05 Å². The Balaban J connectivity index is 2.50. The number of nitriles is 1. The maximum absolute atomic E-state index is 9.12. The van der Waals surface area contributed by atoms with Crippen LogP contribution in [0.4, 0.5) is 0 Å². The Morgan fingerprint density at radius 1 is 1.58 bits per heavy atom. The van der Waals surface area contributed by atoms with Crippen molar-refractivity contribution in [3.63, 3.8) is 0 Å². The number of aromatic nitrogens is 2. The van der Waals surface area contributed by atoms with Crippen LogP contribution in [-0.2, 0) is 20.1 Å². The average Bonchev–Trinajstić information content (AvgIpc) is 2.51. The smallest absolute Gasteiger partial charge is 0.213 e. The highest BCUT2D eigenvalue weighted by Gasteiger charge is 2.23. The number of hydroxylamine groups is 2. The Morgan fingerprint density at radius 2 is 2.33 bits per heavy atom. The van der Waals surface area contributed by atoms with Crippen LogP contribution in [-0.4, -0.2) is 19.8 Å². The summed E-state index contributed by atoms with van der Waals surface area (Å²) in [6, 6.07) is 1.99. The van der Waals surface area contributed by atoms with Crippen LogP contribution in [0.5, 0.6) is 0 Å². The van der Waals surface area contributed by atoms with Crippen molar-refractivity contribution in [1.29, 1.82) is 5.26 Å². The van der Waals surface area contributed by atoms with Gasteiger partial charge in [-0.1, -0.05) is 0 Å². The van der Waals surface area contributed by atoms with Gasteiger partial charge >= 0.3 is 0 Å². The fourth-order valence-electron chi connectivity index (χ4n) is 1.41. The van der Waals surface area contributed by atoms with Gasteiger partial charge in [0.15, 0.2) is 0 Å². The monoisotopic (exact) mass is 164 g/mol. The molecule has 0 spiro atoms. The number of rotatable bonds is 0. The third kappa shape index (κ3) is 0.826. The van der Waals surface area contributed by atoms with Crippen LogP contribution in [0.15, 0.2) is 0 Å². The van der Waals surface area contributed by atoms with E-state index in [1.165, 1.54) is 5.06 Å². The molecule has 2 heterocycles. The molecule has 0 atom stereocenters. The van der Waals surface area contributed by atoms with Gasteiger partial charge in [-0.3, -0.25) is 0 Å². The minimum atomic E-state index is 0.410. The van der Waals surface area contributed by atoms with Gasteiger partial charge in [0, 0.05) is 7.05 Å². The molecule has 5 heteroatoms. The molecule has 1 N–H and O–H groups in total. The van der Waals surface area contributed by atoms with E-state index in [9.17, 15) is 0 Å². The van der Waals surface area contributed by atoms with E-state index in [4.69, 9.17) is 10.5 Å². The summed E-state index contributed by atoms with van der Waals surface area (Å²) in [5.74, 6) is 0.410. The lowest BCUT2D eigenvalue weighted by Gasteiger charge is -2.04. The second-order valence-corrected chi connectivity index (χ2v) is 2.82. The van der Waals surface area contributed by atoms with Gasteiger partial charge in [-0.05, 0) is 0 Å². The number of hydrogen-bond acceptors (Lipinski definition) is 4. The number of fused-ring (bicyclic) bond motifs is 1. The Morgan fingerprint density at radius 3 is 2.92 bits per heavy atom. The van der Waals surface area contributed by atoms with Gasteiger partial charge in [0.1, 0.15) is 6.07 Å². The molecular formula is C7H8N4O. The first-order valence-electron chi connectivity index (χ1n) is 3.60. The molecule has 0 aliphatic carbocycles. The van der Waals surface area contributed by atoms with Crippen molar-refractivity contribution >= 4 is 0 Å². The van der Waals surface area contributed by atoms with Crippen molar-refractivity contribution in [3.8, 4) is 6.07 Å². The van der Waals surface area contributed by atoms with Gasteiger partial charge < -0.3 is 9.77 Å². The highest BCUT2D eigenvalue weighted by atomic mass is 16.5. The Bertz CT molecular complexity index is 362. The quantitative estimate of drug-likeness (QED) is 0.586. The van der Waals surface area contributed by atoms with Crippen LogP contribution in [0, 0.1) is 11.3 Å². The van der Waals surface area contributed by atoms with Gasteiger partial charge in [-0.2, -0.15) is 10.3 Å². The summed E-state index contributed by atoms with van der Waals surface area (Å²) in [6.45, 7) is 0.880. The van der Waals surface area contributed by atoms with Crippen molar-refractivity contribution < 1.29 is 5.21 Å². The van der Waals surface area contributed by atoms with E-state index in [-0.39, 0.29) is 0 Å². The lowest BCUT2D eigenvalue weighted by atomic mass is 10.4. The van der Waals surface area contributed by atoms with Crippen molar-refractivity contribution in [3.05, 3.63) is 17.2 Å². The topological polar surface area (TPSA) is 65.1 Å². The predicted molar refractivity (Wildman–Crippen MR) is 39.0 cm³/mol. The summed E-state index contributed by atoms with van der Waals surface area (Å²) in [7, 11) is 1.78. The van der Waals surface area contributed by atoms with E-state index in [0.717, 1.165) is 11.4 Å². The third-order valence-electron chi connectivity index (χ3n) is 2.06. The maximum atomic E-state index is 9.12. The van der Waals surface area contributed by atoms with Crippen LogP contribution in [0.25, 0.3) is 0 Å². The molecular weight excluding hydrogens is 156 g/mol. The first-order valence-corrected chi connectivity index (χ1v) is 3.60. The van der Waals surface area contributed by atoms with Crippen LogP contribution < -0.4 is 0 Å². The molecule has 0 amide bonds. The Kier molecular flexibility index (Phi) is 1.40. The van der Waals surface area contributed by atoms with Crippen LogP contribution in [0.1, 0.15) is 17.2 Å². The number of imidazole rings is 1. The lowest BCUT2D eigenvalue weighted by Crippen LogP contribution is -2.12. The minimum absolute atomic E-state index is 0.410. The molecule has 0 radical (unpaired) electrons. The summed E-state index contributed by atoms with van der Waals surface area (Å²) < 4.78 is 1.71. The van der Waals surface area contributed by atoms with Crippen LogP contribution in [0.2, 0.25) is 0 Å². The zero-order valence-electron chi connectivity index (χ0n) is 6.65. The Labute approximate surface area is 69.4 Å². The van der Waals surface area contributed by atoms with Crippen LogP contribution in [0.3, 0.4) is 0 Å². The van der Waals surface area contributed by atoms with E-state index in [1.807, 2.05) is 6.07 Å². The molecule has 0 aromatic carbocycles. The number of nitrogens with zero attached hydrogens (tertiary/aromatic N) is 4. The molecule has 1 aliphatic rings. The van der Waals surface area contributed by atoms with E-state index in [0.29, 0.717) is 18.9 Å². The van der Waals surface area contributed by atoms with Gasteiger partial charge in [0.25, 0.3) is 0 Å². The van der Waals surface area contributed by atoms with Crippen molar-refractivity contribution in [2.45, 2.75) is 13.1 Å². The number of hydrogen-bond donors (Lipinski definition) is 1. The molecule has 62 valence electrons. The minimum Gasteiger partial charge on any atom is -0.321 e. The van der Waals surface area contributed by atoms with E-state index in [1.54, 1.807) is 11.6 Å². The first-order chi connectivity index (χ1) is 5.72. The van der Waals surface area contributed by atoms with Gasteiger partial charge in [0.2, 0.25) is 5.82 Å². The molecule has 2 rings (SSSR count). The molecule has 5 nitrogen and oxygen atoms in total. The zero-order chi connectivity index (χ0) is 8.72. The largest absolute Gasteiger partial charge is 0.321 e. The first kappa shape index (κ1) is 7.28. The Hall–Kier alpha value is -1.38. The molecule has 0 unspecified atom stereocenters. The molecule has 0 bridgehead atoms. The second-order valence-electron chi connectivity index (χ2n) is 2.82. The van der Waals surface area contributed by atoms with Gasteiger partial charge in [0.05, 0.1) is 24.5 Å². The normalized spacial score (nSPS) is 16.1. The lowest BCUT2D eigenvalue weighted by molar-refractivity contribution is -0.0985. The molecule has 0 saturated heterocycles. The van der Waals surface area contributed by atoms with E-state index in [2.05, 4.69) is 4.98 Å². The molecule has 1 aromatic heterocycles. The zero-order valence-corrected chi connectivity index (χ0v) is 6.65. The SMILES string of the molecule is Cn1c(C#N)nc2c1CN(O)C2. The average molecular weight is 164 g/mol. The summed E-state index contributed by atoms with van der Waals surface area (Å²) in [4.78, 5) is 4.06. The van der Waals surface area contributed by atoms with Crippen molar-refractivity contribution in [1.82, 2.24) is 14.6 Å². The van der Waals surface area contributed by atoms with Crippen molar-refractivity contribution in [2.75, 3.05) is 0 Å². The van der Waals surface area contributed by atoms with Gasteiger partial charge in [-0.15, -0.1) is 0 Å². The highest BCUT2D eigenvalue weighted by molar-refractivity contribution is 5.26. The fraction of sp³-hybridized carbons (Fsp3) is 0.429. The molecule has 1 aliphatic heterocycles. The maximum Gasteiger partial charge on any atom is 0.213 e. The molecule has 0 fully saturated rings. The molecule has 12 heavy (non-hydrogen) atoms. The molecule has 1 aromatic rings. The molecule has 0 saturated carbocycles. The summed E-state index contributed by atoms with van der Waals surface area (Å²) in [5, 5.41) is 18.9. The van der Waals surface area contributed by atoms with E-state index < -0.39 is 0 Å². The fourth-order valence-corrected chi connectivity index (χ4v) is 1.41. The summed E-state index contributed by atoms with van der Waals surface area (Å²) >= 11 is 0. The summed E-state index contributed by atoms with van der Waals surface area (Å²) in [6.07, 6.45) is 0. The highest BCUT2D eigenvalue weighted by Crippen LogP contribution is 2.20. The standard InChI is InChI=1S/C7H8N4O/c1-10-6-4-11(12)3-5(6)9-7(10)2-8/h12H,3-4H2,1H3. The van der Waals surface area contributed by atoms with Crippen LogP contribution >= 0.6 is 0 Å². The summed E-state index contributed by atoms with van der Waals surface area (Å²) in [5.41, 5.74) is 1.73. The third-order valence-corrected chi connectivity index (χ3v) is 2.06. The van der Waals surface area contributed by atoms with E-state index >= 15 is 0 Å². The van der Waals surface area contributed by atoms with Gasteiger partial charge in [-0.25, -0.2) is 4.98 Å².